The van der Waals surface area contributed by atoms with Gasteiger partial charge in [-0.3, -0.25) is 4.99 Å². The fourth-order valence-electron chi connectivity index (χ4n) is 2.66. The zero-order valence-electron chi connectivity index (χ0n) is 9.80. The van der Waals surface area contributed by atoms with Gasteiger partial charge in [-0.25, -0.2) is 0 Å². The SMILES string of the molecule is C1=Nc2ccccc2-c2cccc3cccc1c23. The number of aliphatic imine (C=N–C) groups is 1. The topological polar surface area (TPSA) is 12.4 Å². The highest BCUT2D eigenvalue weighted by Crippen LogP contribution is 2.38. The van der Waals surface area contributed by atoms with Gasteiger partial charge in [0.2, 0.25) is 0 Å². The van der Waals surface area contributed by atoms with E-state index >= 15 is 0 Å². The highest BCUT2D eigenvalue weighted by Gasteiger charge is 2.12. The number of para-hydroxylation sites is 1. The number of fused-ring (bicyclic) bond motifs is 2. The van der Waals surface area contributed by atoms with Crippen molar-refractivity contribution in [3.8, 4) is 11.1 Å². The van der Waals surface area contributed by atoms with Gasteiger partial charge in [-0.1, -0.05) is 54.6 Å². The average Bonchev–Trinajstić information content (AvgIpc) is 2.60. The molecule has 1 aliphatic rings. The van der Waals surface area contributed by atoms with Crippen molar-refractivity contribution in [2.45, 2.75) is 0 Å². The van der Waals surface area contributed by atoms with E-state index in [-0.39, 0.29) is 0 Å². The summed E-state index contributed by atoms with van der Waals surface area (Å²) in [5.74, 6) is 0. The van der Waals surface area contributed by atoms with Crippen molar-refractivity contribution in [3.63, 3.8) is 0 Å². The van der Waals surface area contributed by atoms with E-state index in [1.165, 1.54) is 27.5 Å². The van der Waals surface area contributed by atoms with E-state index in [0.29, 0.717) is 0 Å². The lowest BCUT2D eigenvalue weighted by Crippen LogP contribution is -1.85. The van der Waals surface area contributed by atoms with E-state index in [9.17, 15) is 0 Å². The number of nitrogens with zero attached hydrogens (tertiary/aromatic N) is 1. The summed E-state index contributed by atoms with van der Waals surface area (Å²) < 4.78 is 0. The molecule has 4 rings (SSSR count). The minimum absolute atomic E-state index is 1.04. The predicted molar refractivity (Wildman–Crippen MR) is 76.6 cm³/mol. The van der Waals surface area contributed by atoms with Crippen molar-refractivity contribution in [1.29, 1.82) is 0 Å². The van der Waals surface area contributed by atoms with Crippen LogP contribution in [0.3, 0.4) is 0 Å². The molecule has 1 heteroatoms. The fraction of sp³-hybridized carbons (Fsp3) is 0. The van der Waals surface area contributed by atoms with Crippen LogP contribution in [0.2, 0.25) is 0 Å². The van der Waals surface area contributed by atoms with Crippen molar-refractivity contribution >= 4 is 22.7 Å². The summed E-state index contributed by atoms with van der Waals surface area (Å²) in [6.45, 7) is 0. The van der Waals surface area contributed by atoms with Gasteiger partial charge in [-0.05, 0) is 22.4 Å². The average molecular weight is 229 g/mol. The first-order valence-corrected chi connectivity index (χ1v) is 6.09. The molecule has 0 atom stereocenters. The molecule has 1 nitrogen and oxygen atoms in total. The summed E-state index contributed by atoms with van der Waals surface area (Å²) >= 11 is 0. The standard InChI is InChI=1S/C17H11N/c1-2-10-16-14(8-1)15-9-4-6-12-5-3-7-13(11-18-16)17(12)15/h1-11H. The molecule has 84 valence electrons. The molecule has 0 aliphatic carbocycles. The Morgan fingerprint density at radius 1 is 0.667 bits per heavy atom. The number of hydrogen-bond donors (Lipinski definition) is 0. The summed E-state index contributed by atoms with van der Waals surface area (Å²) in [6, 6.07) is 21.1. The summed E-state index contributed by atoms with van der Waals surface area (Å²) in [7, 11) is 0. The molecular weight excluding hydrogens is 218 g/mol. The van der Waals surface area contributed by atoms with Crippen LogP contribution in [0.4, 0.5) is 5.69 Å². The van der Waals surface area contributed by atoms with Crippen LogP contribution in [0.15, 0.2) is 65.7 Å². The molecule has 0 fully saturated rings. The summed E-state index contributed by atoms with van der Waals surface area (Å²) in [5.41, 5.74) is 4.72. The predicted octanol–water partition coefficient (Wildman–Crippen LogP) is 4.57. The molecule has 0 N–H and O–H groups in total. The Bertz CT molecular complexity index is 779. The maximum Gasteiger partial charge on any atom is 0.0708 e. The number of benzene rings is 3. The van der Waals surface area contributed by atoms with Crippen molar-refractivity contribution in [1.82, 2.24) is 0 Å². The monoisotopic (exact) mass is 229 g/mol. The molecule has 0 saturated carbocycles. The van der Waals surface area contributed by atoms with E-state index in [2.05, 4.69) is 59.6 Å². The zero-order chi connectivity index (χ0) is 11.9. The molecule has 1 heterocycles. The molecule has 0 radical (unpaired) electrons. The van der Waals surface area contributed by atoms with E-state index in [1.807, 2.05) is 12.3 Å². The number of hydrogen-bond acceptors (Lipinski definition) is 1. The van der Waals surface area contributed by atoms with Crippen LogP contribution >= 0.6 is 0 Å². The van der Waals surface area contributed by atoms with Crippen LogP contribution in [0.5, 0.6) is 0 Å². The molecule has 3 aromatic carbocycles. The third kappa shape index (κ3) is 1.25. The smallest absolute Gasteiger partial charge is 0.0708 e. The van der Waals surface area contributed by atoms with E-state index < -0.39 is 0 Å². The van der Waals surface area contributed by atoms with Crippen molar-refractivity contribution < 1.29 is 0 Å². The lowest BCUT2D eigenvalue weighted by molar-refractivity contribution is 1.54. The van der Waals surface area contributed by atoms with Gasteiger partial charge in [0.1, 0.15) is 0 Å². The van der Waals surface area contributed by atoms with Gasteiger partial charge >= 0.3 is 0 Å². The maximum atomic E-state index is 4.60. The molecule has 0 amide bonds. The summed E-state index contributed by atoms with van der Waals surface area (Å²) in [4.78, 5) is 4.60. The van der Waals surface area contributed by atoms with Crippen molar-refractivity contribution in [2.24, 2.45) is 4.99 Å². The second kappa shape index (κ2) is 3.54. The molecular formula is C17H11N. The Morgan fingerprint density at radius 3 is 2.39 bits per heavy atom. The van der Waals surface area contributed by atoms with Crippen LogP contribution < -0.4 is 0 Å². The normalized spacial score (nSPS) is 12.2. The van der Waals surface area contributed by atoms with E-state index in [4.69, 9.17) is 0 Å². The molecule has 0 spiro atoms. The van der Waals surface area contributed by atoms with Gasteiger partial charge in [0, 0.05) is 17.3 Å². The zero-order valence-corrected chi connectivity index (χ0v) is 9.80. The second-order valence-corrected chi connectivity index (χ2v) is 4.53. The Morgan fingerprint density at radius 2 is 1.44 bits per heavy atom. The Labute approximate surface area is 105 Å². The fourth-order valence-corrected chi connectivity index (χ4v) is 2.66. The minimum atomic E-state index is 1.04. The van der Waals surface area contributed by atoms with Crippen molar-refractivity contribution in [3.05, 3.63) is 66.2 Å². The molecule has 3 aromatic rings. The largest absolute Gasteiger partial charge is 0.256 e. The quantitative estimate of drug-likeness (QED) is 0.419. The highest BCUT2D eigenvalue weighted by molar-refractivity contribution is 6.11. The highest BCUT2D eigenvalue weighted by atomic mass is 14.7. The molecule has 0 unspecified atom stereocenters. The lowest BCUT2D eigenvalue weighted by atomic mass is 9.95. The van der Waals surface area contributed by atoms with Crippen LogP contribution in [-0.4, -0.2) is 6.21 Å². The summed E-state index contributed by atoms with van der Waals surface area (Å²) in [6.07, 6.45) is 1.97. The first-order chi connectivity index (χ1) is 8.93. The van der Waals surface area contributed by atoms with Gasteiger partial charge in [0.15, 0.2) is 0 Å². The Hall–Kier alpha value is -2.41. The first-order valence-electron chi connectivity index (χ1n) is 6.09. The molecule has 0 bridgehead atoms. The molecule has 1 aliphatic heterocycles. The molecule has 0 saturated heterocycles. The molecule has 18 heavy (non-hydrogen) atoms. The van der Waals surface area contributed by atoms with Gasteiger partial charge in [-0.15, -0.1) is 0 Å². The Balaban J connectivity index is 2.25. The van der Waals surface area contributed by atoms with Gasteiger partial charge < -0.3 is 0 Å². The Kier molecular flexibility index (Phi) is 1.89. The third-order valence-electron chi connectivity index (χ3n) is 3.47. The lowest BCUT2D eigenvalue weighted by Gasteiger charge is -2.08. The van der Waals surface area contributed by atoms with Crippen LogP contribution in [0.25, 0.3) is 21.9 Å². The van der Waals surface area contributed by atoms with Crippen LogP contribution in [0.1, 0.15) is 5.56 Å². The van der Waals surface area contributed by atoms with Crippen molar-refractivity contribution in [2.75, 3.05) is 0 Å². The first kappa shape index (κ1) is 9.60. The minimum Gasteiger partial charge on any atom is -0.256 e. The van der Waals surface area contributed by atoms with E-state index in [0.717, 1.165) is 5.69 Å². The molecule has 0 aromatic heterocycles. The number of rotatable bonds is 0. The third-order valence-corrected chi connectivity index (χ3v) is 3.47. The second-order valence-electron chi connectivity index (χ2n) is 4.53. The maximum absolute atomic E-state index is 4.60. The van der Waals surface area contributed by atoms with Crippen LogP contribution in [-0.2, 0) is 0 Å². The van der Waals surface area contributed by atoms with Gasteiger partial charge in [0.25, 0.3) is 0 Å². The van der Waals surface area contributed by atoms with Crippen LogP contribution in [0, 0.1) is 0 Å². The van der Waals surface area contributed by atoms with Gasteiger partial charge in [0.05, 0.1) is 5.69 Å². The summed E-state index contributed by atoms with van der Waals surface area (Å²) in [5, 5.41) is 2.57. The van der Waals surface area contributed by atoms with E-state index in [1.54, 1.807) is 0 Å². The van der Waals surface area contributed by atoms with Gasteiger partial charge in [-0.2, -0.15) is 0 Å².